The molecule has 0 fully saturated rings. The van der Waals surface area contributed by atoms with E-state index in [1.54, 1.807) is 22.2 Å². The van der Waals surface area contributed by atoms with Gasteiger partial charge >= 0.3 is 0 Å². The van der Waals surface area contributed by atoms with Gasteiger partial charge in [0.1, 0.15) is 6.54 Å². The van der Waals surface area contributed by atoms with Crippen molar-refractivity contribution in [1.29, 1.82) is 0 Å². The Morgan fingerprint density at radius 2 is 2.31 bits per heavy atom. The average molecular weight is 234 g/mol. The molecule has 4 heteroatoms. The standard InChI is InChI=1S/C12H14N2OS/c1-3-10-4-5-12(16-10)11(15)8-14-7-9(2)6-13-14/h4-7H,3,8H2,1-2H3. The Morgan fingerprint density at radius 3 is 2.88 bits per heavy atom. The van der Waals surface area contributed by atoms with Crippen molar-refractivity contribution in [3.8, 4) is 0 Å². The molecule has 2 aromatic rings. The minimum atomic E-state index is 0.132. The number of rotatable bonds is 4. The van der Waals surface area contributed by atoms with E-state index >= 15 is 0 Å². The quantitative estimate of drug-likeness (QED) is 0.762. The fraction of sp³-hybridized carbons (Fsp3) is 0.333. The highest BCUT2D eigenvalue weighted by atomic mass is 32.1. The molecule has 0 amide bonds. The molecule has 84 valence electrons. The first-order valence-corrected chi connectivity index (χ1v) is 6.11. The van der Waals surface area contributed by atoms with Crippen molar-refractivity contribution in [3.05, 3.63) is 39.8 Å². The number of aromatic nitrogens is 2. The normalized spacial score (nSPS) is 10.6. The zero-order valence-corrected chi connectivity index (χ0v) is 10.3. The van der Waals surface area contributed by atoms with Gasteiger partial charge in [-0.1, -0.05) is 6.92 Å². The van der Waals surface area contributed by atoms with Gasteiger partial charge in [0, 0.05) is 11.1 Å². The monoisotopic (exact) mass is 234 g/mol. The van der Waals surface area contributed by atoms with Gasteiger partial charge in [0.25, 0.3) is 0 Å². The molecular weight excluding hydrogens is 220 g/mol. The van der Waals surface area contributed by atoms with Crippen LogP contribution in [-0.2, 0) is 13.0 Å². The predicted molar refractivity (Wildman–Crippen MR) is 65.0 cm³/mol. The Morgan fingerprint density at radius 1 is 1.50 bits per heavy atom. The second-order valence-electron chi connectivity index (χ2n) is 3.76. The van der Waals surface area contributed by atoms with Crippen molar-refractivity contribution in [1.82, 2.24) is 9.78 Å². The molecule has 0 N–H and O–H groups in total. The summed E-state index contributed by atoms with van der Waals surface area (Å²) < 4.78 is 1.68. The number of hydrogen-bond donors (Lipinski definition) is 0. The summed E-state index contributed by atoms with van der Waals surface area (Å²) in [5, 5.41) is 4.11. The lowest BCUT2D eigenvalue weighted by atomic mass is 10.3. The highest BCUT2D eigenvalue weighted by Gasteiger charge is 2.09. The SMILES string of the molecule is CCc1ccc(C(=O)Cn2cc(C)cn2)s1. The van der Waals surface area contributed by atoms with Gasteiger partial charge in [-0.05, 0) is 31.0 Å². The molecule has 0 radical (unpaired) electrons. The topological polar surface area (TPSA) is 34.9 Å². The van der Waals surface area contributed by atoms with Gasteiger partial charge in [-0.3, -0.25) is 9.48 Å². The van der Waals surface area contributed by atoms with Crippen molar-refractivity contribution < 1.29 is 4.79 Å². The second kappa shape index (κ2) is 4.61. The highest BCUT2D eigenvalue weighted by molar-refractivity contribution is 7.14. The van der Waals surface area contributed by atoms with Gasteiger partial charge in [0.2, 0.25) is 0 Å². The van der Waals surface area contributed by atoms with E-state index in [9.17, 15) is 4.79 Å². The average Bonchev–Trinajstić information content (AvgIpc) is 2.87. The summed E-state index contributed by atoms with van der Waals surface area (Å²) in [4.78, 5) is 14.0. The first-order valence-electron chi connectivity index (χ1n) is 5.30. The molecule has 0 saturated heterocycles. The number of nitrogens with zero attached hydrogens (tertiary/aromatic N) is 2. The van der Waals surface area contributed by atoms with Crippen LogP contribution in [0.5, 0.6) is 0 Å². The lowest BCUT2D eigenvalue weighted by Crippen LogP contribution is -2.09. The Hall–Kier alpha value is -1.42. The molecule has 0 unspecified atom stereocenters. The summed E-state index contributed by atoms with van der Waals surface area (Å²) in [6.45, 7) is 4.39. The van der Waals surface area contributed by atoms with Crippen molar-refractivity contribution >= 4 is 17.1 Å². The Bertz CT molecular complexity index is 499. The van der Waals surface area contributed by atoms with Gasteiger partial charge in [0.05, 0.1) is 11.1 Å². The molecule has 0 aromatic carbocycles. The number of aryl methyl sites for hydroxylation is 2. The lowest BCUT2D eigenvalue weighted by Gasteiger charge is -1.98. The number of ketones is 1. The van der Waals surface area contributed by atoms with E-state index in [2.05, 4.69) is 12.0 Å². The number of carbonyl (C=O) groups excluding carboxylic acids is 1. The fourth-order valence-electron chi connectivity index (χ4n) is 1.50. The third-order valence-electron chi connectivity index (χ3n) is 2.35. The Balaban J connectivity index is 2.08. The molecule has 0 spiro atoms. The van der Waals surface area contributed by atoms with Gasteiger partial charge in [-0.2, -0.15) is 5.10 Å². The van der Waals surface area contributed by atoms with E-state index < -0.39 is 0 Å². The van der Waals surface area contributed by atoms with E-state index in [1.807, 2.05) is 25.3 Å². The van der Waals surface area contributed by atoms with Gasteiger partial charge < -0.3 is 0 Å². The van der Waals surface area contributed by atoms with Crippen LogP contribution in [0.3, 0.4) is 0 Å². The number of thiophene rings is 1. The van der Waals surface area contributed by atoms with Crippen LogP contribution in [0.25, 0.3) is 0 Å². The summed E-state index contributed by atoms with van der Waals surface area (Å²) in [5.74, 6) is 0.132. The molecule has 16 heavy (non-hydrogen) atoms. The summed E-state index contributed by atoms with van der Waals surface area (Å²) in [5.41, 5.74) is 1.08. The first kappa shape index (κ1) is 11.1. The molecule has 0 atom stereocenters. The second-order valence-corrected chi connectivity index (χ2v) is 4.93. The van der Waals surface area contributed by atoms with E-state index in [4.69, 9.17) is 0 Å². The predicted octanol–water partition coefficient (Wildman–Crippen LogP) is 2.70. The van der Waals surface area contributed by atoms with Crippen LogP contribution in [0.15, 0.2) is 24.5 Å². The maximum absolute atomic E-state index is 11.9. The van der Waals surface area contributed by atoms with Crippen LogP contribution in [0.4, 0.5) is 0 Å². The molecule has 2 aromatic heterocycles. The molecule has 2 rings (SSSR count). The van der Waals surface area contributed by atoms with Crippen LogP contribution in [0, 0.1) is 6.92 Å². The fourth-order valence-corrected chi connectivity index (χ4v) is 2.37. The van der Waals surface area contributed by atoms with E-state index in [-0.39, 0.29) is 5.78 Å². The van der Waals surface area contributed by atoms with Crippen LogP contribution >= 0.6 is 11.3 Å². The summed E-state index contributed by atoms with van der Waals surface area (Å²) in [6.07, 6.45) is 4.63. The molecule has 3 nitrogen and oxygen atoms in total. The van der Waals surface area contributed by atoms with E-state index in [0.717, 1.165) is 16.9 Å². The van der Waals surface area contributed by atoms with E-state index in [0.29, 0.717) is 6.54 Å². The largest absolute Gasteiger partial charge is 0.291 e. The smallest absolute Gasteiger partial charge is 0.194 e. The van der Waals surface area contributed by atoms with Crippen LogP contribution in [0.1, 0.15) is 27.0 Å². The summed E-state index contributed by atoms with van der Waals surface area (Å²) in [6, 6.07) is 3.93. The number of carbonyl (C=O) groups is 1. The van der Waals surface area contributed by atoms with Crippen molar-refractivity contribution in [3.63, 3.8) is 0 Å². The third-order valence-corrected chi connectivity index (χ3v) is 3.62. The van der Waals surface area contributed by atoms with E-state index in [1.165, 1.54) is 4.88 Å². The molecular formula is C12H14N2OS. The van der Waals surface area contributed by atoms with Crippen molar-refractivity contribution in [2.75, 3.05) is 0 Å². The minimum absolute atomic E-state index is 0.132. The van der Waals surface area contributed by atoms with Gasteiger partial charge in [-0.15, -0.1) is 11.3 Å². The number of Topliss-reactive ketones (excluding diaryl/α,β-unsaturated/α-hetero) is 1. The van der Waals surface area contributed by atoms with Crippen LogP contribution < -0.4 is 0 Å². The maximum Gasteiger partial charge on any atom is 0.194 e. The number of hydrogen-bond acceptors (Lipinski definition) is 3. The Kier molecular flexibility index (Phi) is 3.19. The van der Waals surface area contributed by atoms with Crippen LogP contribution in [-0.4, -0.2) is 15.6 Å². The summed E-state index contributed by atoms with van der Waals surface area (Å²) >= 11 is 1.58. The Labute approximate surface area is 98.7 Å². The molecule has 0 aliphatic rings. The minimum Gasteiger partial charge on any atom is -0.291 e. The molecule has 0 aliphatic heterocycles. The lowest BCUT2D eigenvalue weighted by molar-refractivity contribution is 0.0971. The van der Waals surface area contributed by atoms with Crippen molar-refractivity contribution in [2.45, 2.75) is 26.8 Å². The zero-order chi connectivity index (χ0) is 11.5. The van der Waals surface area contributed by atoms with Crippen LogP contribution in [0.2, 0.25) is 0 Å². The third kappa shape index (κ3) is 2.39. The molecule has 0 saturated carbocycles. The highest BCUT2D eigenvalue weighted by Crippen LogP contribution is 2.17. The maximum atomic E-state index is 11.9. The first-order chi connectivity index (χ1) is 7.69. The van der Waals surface area contributed by atoms with Crippen molar-refractivity contribution in [2.24, 2.45) is 0 Å². The molecule has 0 aliphatic carbocycles. The summed E-state index contributed by atoms with van der Waals surface area (Å²) in [7, 11) is 0. The molecule has 0 bridgehead atoms. The van der Waals surface area contributed by atoms with Gasteiger partial charge in [-0.25, -0.2) is 0 Å². The molecule has 2 heterocycles. The van der Waals surface area contributed by atoms with Gasteiger partial charge in [0.15, 0.2) is 5.78 Å². The zero-order valence-electron chi connectivity index (χ0n) is 9.43.